The van der Waals surface area contributed by atoms with Crippen molar-refractivity contribution in [3.8, 4) is 0 Å². The highest BCUT2D eigenvalue weighted by Gasteiger charge is 2.37. The second-order valence-corrected chi connectivity index (χ2v) is 4.78. The van der Waals surface area contributed by atoms with Crippen LogP contribution in [0.4, 0.5) is 0 Å². The zero-order valence-corrected chi connectivity index (χ0v) is 10.5. The minimum Gasteiger partial charge on any atom is -0.360 e. The number of epoxide rings is 1. The van der Waals surface area contributed by atoms with E-state index in [0.717, 1.165) is 10.6 Å². The first-order chi connectivity index (χ1) is 8.83. The molecule has 2 aromatic rings. The largest absolute Gasteiger partial charge is 0.360 e. The lowest BCUT2D eigenvalue weighted by Gasteiger charge is -1.93. The number of hydrogen-bond acceptors (Lipinski definition) is 1. The molecule has 0 N–H and O–H groups in total. The van der Waals surface area contributed by atoms with Crippen LogP contribution >= 0.6 is 11.6 Å². The third-order valence-electron chi connectivity index (χ3n) is 3.00. The van der Waals surface area contributed by atoms with E-state index in [0.29, 0.717) is 0 Å². The van der Waals surface area contributed by atoms with Crippen molar-refractivity contribution >= 4 is 17.7 Å². The molecule has 0 saturated carbocycles. The van der Waals surface area contributed by atoms with Crippen molar-refractivity contribution in [2.45, 2.75) is 12.2 Å². The van der Waals surface area contributed by atoms with Crippen LogP contribution in [0, 0.1) is 0 Å². The molecular weight excluding hydrogens is 244 g/mol. The highest BCUT2D eigenvalue weighted by Crippen LogP contribution is 2.39. The Morgan fingerprint density at radius 3 is 2.39 bits per heavy atom. The van der Waals surface area contributed by atoms with Gasteiger partial charge in [-0.2, -0.15) is 0 Å². The van der Waals surface area contributed by atoms with Gasteiger partial charge in [0, 0.05) is 5.02 Å². The van der Waals surface area contributed by atoms with E-state index >= 15 is 0 Å². The van der Waals surface area contributed by atoms with Gasteiger partial charge in [0.25, 0.3) is 0 Å². The van der Waals surface area contributed by atoms with Crippen LogP contribution in [0.2, 0.25) is 5.02 Å². The third-order valence-corrected chi connectivity index (χ3v) is 3.25. The standard InChI is InChI=1S/C16H13ClO/c17-14-9-6-12(7-10-14)8-11-15-16(18-15)13-4-2-1-3-5-13/h1-11,15-16H/b11-8+. The molecule has 2 atom stereocenters. The number of rotatable bonds is 3. The SMILES string of the molecule is Clc1ccc(/C=C/C2OC2c2ccccc2)cc1. The van der Waals surface area contributed by atoms with Crippen molar-refractivity contribution in [3.05, 3.63) is 76.8 Å². The van der Waals surface area contributed by atoms with Crippen LogP contribution in [0.1, 0.15) is 17.2 Å². The minimum absolute atomic E-state index is 0.197. The summed E-state index contributed by atoms with van der Waals surface area (Å²) in [5.74, 6) is 0. The molecule has 3 rings (SSSR count). The van der Waals surface area contributed by atoms with Crippen molar-refractivity contribution in [3.63, 3.8) is 0 Å². The number of hydrogen-bond donors (Lipinski definition) is 0. The van der Waals surface area contributed by atoms with Gasteiger partial charge in [-0.25, -0.2) is 0 Å². The zero-order chi connectivity index (χ0) is 12.4. The van der Waals surface area contributed by atoms with Crippen molar-refractivity contribution in [1.82, 2.24) is 0 Å². The molecule has 2 unspecified atom stereocenters. The second kappa shape index (κ2) is 4.97. The highest BCUT2D eigenvalue weighted by atomic mass is 35.5. The van der Waals surface area contributed by atoms with Crippen LogP contribution in [0.3, 0.4) is 0 Å². The smallest absolute Gasteiger partial charge is 0.113 e. The molecule has 0 aliphatic carbocycles. The van der Waals surface area contributed by atoms with Gasteiger partial charge in [-0.1, -0.05) is 66.2 Å². The lowest BCUT2D eigenvalue weighted by molar-refractivity contribution is 0.394. The van der Waals surface area contributed by atoms with Gasteiger partial charge >= 0.3 is 0 Å². The van der Waals surface area contributed by atoms with Gasteiger partial charge < -0.3 is 4.74 Å². The lowest BCUT2D eigenvalue weighted by Crippen LogP contribution is -1.83. The van der Waals surface area contributed by atoms with E-state index in [1.165, 1.54) is 5.56 Å². The maximum atomic E-state index is 5.84. The monoisotopic (exact) mass is 256 g/mol. The first-order valence-electron chi connectivity index (χ1n) is 5.97. The number of ether oxygens (including phenoxy) is 1. The van der Waals surface area contributed by atoms with Crippen molar-refractivity contribution < 1.29 is 4.74 Å². The highest BCUT2D eigenvalue weighted by molar-refractivity contribution is 6.30. The van der Waals surface area contributed by atoms with Gasteiger partial charge in [0.05, 0.1) is 0 Å². The Hall–Kier alpha value is -1.57. The molecule has 0 radical (unpaired) electrons. The number of benzene rings is 2. The predicted molar refractivity (Wildman–Crippen MR) is 74.5 cm³/mol. The van der Waals surface area contributed by atoms with Gasteiger partial charge in [-0.3, -0.25) is 0 Å². The van der Waals surface area contributed by atoms with Crippen molar-refractivity contribution in [2.75, 3.05) is 0 Å². The molecule has 1 aliphatic rings. The number of halogens is 1. The van der Waals surface area contributed by atoms with Gasteiger partial charge in [0.2, 0.25) is 0 Å². The summed E-state index contributed by atoms with van der Waals surface area (Å²) < 4.78 is 5.64. The molecule has 0 aromatic heterocycles. The van der Waals surface area contributed by atoms with E-state index in [4.69, 9.17) is 16.3 Å². The van der Waals surface area contributed by atoms with Crippen LogP contribution in [-0.4, -0.2) is 6.10 Å². The average molecular weight is 257 g/mol. The molecule has 1 saturated heterocycles. The Morgan fingerprint density at radius 1 is 0.944 bits per heavy atom. The molecule has 0 spiro atoms. The summed E-state index contributed by atoms with van der Waals surface area (Å²) in [6.07, 6.45) is 4.59. The van der Waals surface area contributed by atoms with E-state index in [9.17, 15) is 0 Å². The van der Waals surface area contributed by atoms with Crippen LogP contribution in [-0.2, 0) is 4.74 Å². The third kappa shape index (κ3) is 2.63. The first kappa shape index (κ1) is 11.5. The summed E-state index contributed by atoms with van der Waals surface area (Å²) in [6, 6.07) is 18.1. The lowest BCUT2D eigenvalue weighted by atomic mass is 10.1. The molecule has 0 bridgehead atoms. The fraction of sp³-hybridized carbons (Fsp3) is 0.125. The average Bonchev–Trinajstić information content (AvgIpc) is 3.19. The fourth-order valence-electron chi connectivity index (χ4n) is 1.96. The summed E-state index contributed by atoms with van der Waals surface area (Å²) in [7, 11) is 0. The maximum Gasteiger partial charge on any atom is 0.113 e. The van der Waals surface area contributed by atoms with E-state index in [2.05, 4.69) is 24.3 Å². The van der Waals surface area contributed by atoms with E-state index in [-0.39, 0.29) is 12.2 Å². The molecule has 1 aliphatic heterocycles. The molecule has 0 amide bonds. The topological polar surface area (TPSA) is 12.5 Å². The molecule has 18 heavy (non-hydrogen) atoms. The van der Waals surface area contributed by atoms with E-state index in [1.807, 2.05) is 42.5 Å². The first-order valence-corrected chi connectivity index (χ1v) is 6.35. The molecule has 1 heterocycles. The second-order valence-electron chi connectivity index (χ2n) is 4.34. The van der Waals surface area contributed by atoms with Gasteiger partial charge in [-0.05, 0) is 23.3 Å². The minimum atomic E-state index is 0.197. The van der Waals surface area contributed by atoms with Crippen LogP contribution < -0.4 is 0 Å². The van der Waals surface area contributed by atoms with Gasteiger partial charge in [0.1, 0.15) is 12.2 Å². The Bertz CT molecular complexity index is 545. The summed E-state index contributed by atoms with van der Waals surface area (Å²) in [5.41, 5.74) is 2.38. The maximum absolute atomic E-state index is 5.84. The fourth-order valence-corrected chi connectivity index (χ4v) is 2.09. The summed E-state index contributed by atoms with van der Waals surface area (Å²) in [6.45, 7) is 0. The molecular formula is C16H13ClO. The van der Waals surface area contributed by atoms with Crippen molar-refractivity contribution in [2.24, 2.45) is 0 Å². The van der Waals surface area contributed by atoms with Gasteiger partial charge in [-0.15, -0.1) is 0 Å². The van der Waals surface area contributed by atoms with Crippen LogP contribution in [0.15, 0.2) is 60.7 Å². The Morgan fingerprint density at radius 2 is 1.67 bits per heavy atom. The molecule has 2 heteroatoms. The molecule has 2 aromatic carbocycles. The van der Waals surface area contributed by atoms with E-state index < -0.39 is 0 Å². The Labute approximate surface area is 112 Å². The molecule has 1 fully saturated rings. The van der Waals surface area contributed by atoms with Crippen LogP contribution in [0.25, 0.3) is 6.08 Å². The quantitative estimate of drug-likeness (QED) is 0.737. The zero-order valence-electron chi connectivity index (χ0n) is 9.79. The Kier molecular flexibility index (Phi) is 3.18. The van der Waals surface area contributed by atoms with Crippen molar-refractivity contribution in [1.29, 1.82) is 0 Å². The summed E-state index contributed by atoms with van der Waals surface area (Å²) in [5, 5.41) is 0.761. The summed E-state index contributed by atoms with van der Waals surface area (Å²) >= 11 is 5.84. The van der Waals surface area contributed by atoms with Gasteiger partial charge in [0.15, 0.2) is 0 Å². The predicted octanol–water partition coefficient (Wildman–Crippen LogP) is 4.49. The Balaban J connectivity index is 1.64. The van der Waals surface area contributed by atoms with E-state index in [1.54, 1.807) is 0 Å². The summed E-state index contributed by atoms with van der Waals surface area (Å²) in [4.78, 5) is 0. The van der Waals surface area contributed by atoms with Crippen LogP contribution in [0.5, 0.6) is 0 Å². The molecule has 90 valence electrons. The molecule has 1 nitrogen and oxygen atoms in total. The normalized spacial score (nSPS) is 22.3.